The summed E-state index contributed by atoms with van der Waals surface area (Å²) in [6.07, 6.45) is 16.1. The van der Waals surface area contributed by atoms with Crippen molar-refractivity contribution < 1.29 is 9.63 Å². The van der Waals surface area contributed by atoms with Gasteiger partial charge < -0.3 is 0 Å². The van der Waals surface area contributed by atoms with E-state index in [1.807, 2.05) is 18.2 Å². The van der Waals surface area contributed by atoms with Gasteiger partial charge in [0.2, 0.25) is 0 Å². The molecule has 2 rings (SSSR count). The lowest BCUT2D eigenvalue weighted by Gasteiger charge is -2.04. The lowest BCUT2D eigenvalue weighted by molar-refractivity contribution is -0.151. The van der Waals surface area contributed by atoms with Gasteiger partial charge in [0.15, 0.2) is 0 Å². The predicted molar refractivity (Wildman–Crippen MR) is 123 cm³/mol. The fourth-order valence-corrected chi connectivity index (χ4v) is 3.80. The van der Waals surface area contributed by atoms with Crippen molar-refractivity contribution in [2.75, 3.05) is 0 Å². The SMILES string of the molecule is CCCCCCCCCCCCCCC(=[O+])ONCc1cccc2ccccc12. The molecule has 0 bridgehead atoms. The third kappa shape index (κ3) is 9.94. The van der Waals surface area contributed by atoms with E-state index in [4.69, 9.17) is 4.84 Å². The molecular weight excluding hydrogens is 358 g/mol. The molecule has 0 heterocycles. The average Bonchev–Trinajstić information content (AvgIpc) is 2.74. The minimum atomic E-state index is -0.155. The Morgan fingerprint density at radius 3 is 2.03 bits per heavy atom. The summed E-state index contributed by atoms with van der Waals surface area (Å²) in [4.78, 5) is 17.1. The maximum atomic E-state index is 11.9. The Kier molecular flexibility index (Phi) is 12.1. The number of hydrogen-bond donors (Lipinski definition) is 1. The third-order valence-corrected chi connectivity index (χ3v) is 5.56. The van der Waals surface area contributed by atoms with Crippen LogP contribution in [0.4, 0.5) is 0 Å². The van der Waals surface area contributed by atoms with Gasteiger partial charge in [-0.2, -0.15) is 4.84 Å². The summed E-state index contributed by atoms with van der Waals surface area (Å²) in [5, 5.41) is 2.40. The van der Waals surface area contributed by atoms with Gasteiger partial charge in [0.25, 0.3) is 0 Å². The molecule has 0 saturated heterocycles. The Bertz CT molecular complexity index is 693. The molecule has 0 atom stereocenters. The molecule has 0 fully saturated rings. The van der Waals surface area contributed by atoms with Crippen LogP contribution in [0, 0.1) is 0 Å². The molecule has 2 aromatic carbocycles. The summed E-state index contributed by atoms with van der Waals surface area (Å²) in [6.45, 7) is 2.80. The van der Waals surface area contributed by atoms with Crippen molar-refractivity contribution in [1.82, 2.24) is 5.48 Å². The molecule has 3 nitrogen and oxygen atoms in total. The normalized spacial score (nSPS) is 11.1. The number of hydroxylamine groups is 1. The van der Waals surface area contributed by atoms with Crippen molar-refractivity contribution in [2.45, 2.75) is 96.9 Å². The first-order valence-corrected chi connectivity index (χ1v) is 11.7. The Labute approximate surface area is 177 Å². The van der Waals surface area contributed by atoms with E-state index >= 15 is 0 Å². The maximum absolute atomic E-state index is 11.9. The Balaban J connectivity index is 1.44. The average molecular weight is 398 g/mol. The first-order chi connectivity index (χ1) is 14.3. The quantitative estimate of drug-likeness (QED) is 0.181. The lowest BCUT2D eigenvalue weighted by atomic mass is 10.0. The molecule has 0 spiro atoms. The Hall–Kier alpha value is -1.87. The summed E-state index contributed by atoms with van der Waals surface area (Å²) < 4.78 is 0. The number of carbonyl (C=O) groups is 1. The molecule has 0 amide bonds. The van der Waals surface area contributed by atoms with Crippen molar-refractivity contribution >= 4 is 16.7 Å². The minimum Gasteiger partial charge on any atom is -0.199 e. The molecule has 0 aliphatic heterocycles. The molecule has 1 radical (unpaired) electrons. The smallest absolute Gasteiger partial charge is 0.199 e. The van der Waals surface area contributed by atoms with Gasteiger partial charge in [-0.1, -0.05) is 120 Å². The molecule has 0 saturated carbocycles. The number of benzene rings is 2. The highest BCUT2D eigenvalue weighted by atomic mass is 16.7. The van der Waals surface area contributed by atoms with E-state index in [1.165, 1.54) is 75.0 Å². The van der Waals surface area contributed by atoms with Crippen LogP contribution in [0.1, 0.15) is 96.0 Å². The molecule has 159 valence electrons. The number of carbonyl (C=O) groups excluding carboxylic acids is 1. The van der Waals surface area contributed by atoms with E-state index in [0.717, 1.165) is 18.4 Å². The van der Waals surface area contributed by atoms with Crippen LogP contribution in [0.3, 0.4) is 0 Å². The van der Waals surface area contributed by atoms with Crippen LogP contribution in [0.15, 0.2) is 42.5 Å². The van der Waals surface area contributed by atoms with Crippen LogP contribution in [0.2, 0.25) is 0 Å². The highest BCUT2D eigenvalue weighted by Crippen LogP contribution is 2.18. The lowest BCUT2D eigenvalue weighted by Crippen LogP contribution is -2.19. The molecule has 29 heavy (non-hydrogen) atoms. The van der Waals surface area contributed by atoms with E-state index < -0.39 is 0 Å². The molecule has 3 heteroatoms. The monoisotopic (exact) mass is 397 g/mol. The number of unbranched alkanes of at least 4 members (excludes halogenated alkanes) is 11. The van der Waals surface area contributed by atoms with Crippen LogP contribution in [-0.4, -0.2) is 5.97 Å². The summed E-state index contributed by atoms with van der Waals surface area (Å²) in [5.74, 6) is -0.155. The van der Waals surface area contributed by atoms with Crippen LogP contribution >= 0.6 is 0 Å². The van der Waals surface area contributed by atoms with Gasteiger partial charge in [0.05, 0.1) is 11.3 Å². The van der Waals surface area contributed by atoms with Crippen LogP contribution in [0.25, 0.3) is 10.8 Å². The van der Waals surface area contributed by atoms with Gasteiger partial charge in [-0.3, -0.25) is 0 Å². The molecule has 0 aliphatic rings. The van der Waals surface area contributed by atoms with Crippen molar-refractivity contribution in [2.24, 2.45) is 0 Å². The van der Waals surface area contributed by atoms with E-state index in [9.17, 15) is 4.79 Å². The zero-order valence-electron chi connectivity index (χ0n) is 18.3. The highest BCUT2D eigenvalue weighted by Gasteiger charge is 2.16. The second-order valence-corrected chi connectivity index (χ2v) is 8.07. The van der Waals surface area contributed by atoms with Crippen LogP contribution < -0.4 is 5.48 Å². The molecule has 1 N–H and O–H groups in total. The predicted octanol–water partition coefficient (Wildman–Crippen LogP) is 7.48. The summed E-state index contributed by atoms with van der Waals surface area (Å²) >= 11 is 0. The van der Waals surface area contributed by atoms with Crippen molar-refractivity contribution in [3.8, 4) is 0 Å². The zero-order chi connectivity index (χ0) is 20.6. The molecule has 0 aromatic heterocycles. The van der Waals surface area contributed by atoms with Crippen LogP contribution in [0.5, 0.6) is 0 Å². The third-order valence-electron chi connectivity index (χ3n) is 5.56. The Morgan fingerprint density at radius 2 is 1.34 bits per heavy atom. The van der Waals surface area contributed by atoms with Gasteiger partial charge in [-0.05, 0) is 28.2 Å². The van der Waals surface area contributed by atoms with E-state index in [2.05, 4.69) is 36.7 Å². The molecular formula is C26H39NO2+. The van der Waals surface area contributed by atoms with E-state index in [1.54, 1.807) is 0 Å². The second-order valence-electron chi connectivity index (χ2n) is 8.07. The van der Waals surface area contributed by atoms with Crippen molar-refractivity contribution in [3.63, 3.8) is 0 Å². The minimum absolute atomic E-state index is 0.155. The zero-order valence-corrected chi connectivity index (χ0v) is 18.3. The topological polar surface area (TPSA) is 41.2 Å². The number of fused-ring (bicyclic) bond motifs is 1. The van der Waals surface area contributed by atoms with E-state index in [0.29, 0.717) is 13.0 Å². The van der Waals surface area contributed by atoms with Gasteiger partial charge in [0, 0.05) is 0 Å². The highest BCUT2D eigenvalue weighted by molar-refractivity contribution is 5.85. The van der Waals surface area contributed by atoms with Gasteiger partial charge in [-0.25, -0.2) is 0 Å². The fourth-order valence-electron chi connectivity index (χ4n) is 3.80. The van der Waals surface area contributed by atoms with Gasteiger partial charge in [-0.15, -0.1) is 0 Å². The van der Waals surface area contributed by atoms with E-state index in [-0.39, 0.29) is 5.97 Å². The number of hydrogen-bond acceptors (Lipinski definition) is 3. The maximum Gasteiger partial charge on any atom is 0.597 e. The Morgan fingerprint density at radius 1 is 0.759 bits per heavy atom. The summed E-state index contributed by atoms with van der Waals surface area (Å²) in [6, 6.07) is 14.5. The standard InChI is InChI=1S/C26H39NO2/c1-2-3-4-5-6-7-8-9-10-11-12-13-21-26(28)29-27-22-24-19-16-18-23-17-14-15-20-25(23)24/h14-20,27H,2-13,21-22H2,1H3/q+1. The van der Waals surface area contributed by atoms with Crippen molar-refractivity contribution in [3.05, 3.63) is 48.0 Å². The van der Waals surface area contributed by atoms with Crippen molar-refractivity contribution in [1.29, 1.82) is 0 Å². The number of nitrogens with one attached hydrogen (secondary N) is 1. The largest absolute Gasteiger partial charge is 0.597 e. The summed E-state index contributed by atoms with van der Waals surface area (Å²) in [7, 11) is 0. The molecule has 0 aliphatic carbocycles. The second kappa shape index (κ2) is 15.0. The summed E-state index contributed by atoms with van der Waals surface area (Å²) in [5.41, 5.74) is 3.98. The van der Waals surface area contributed by atoms with Crippen LogP contribution in [-0.2, 0) is 16.2 Å². The molecule has 2 aromatic rings. The number of rotatable bonds is 16. The fraction of sp³-hybridized carbons (Fsp3) is 0.577. The van der Waals surface area contributed by atoms with Gasteiger partial charge >= 0.3 is 5.97 Å². The first kappa shape index (κ1) is 23.4. The van der Waals surface area contributed by atoms with Gasteiger partial charge in [0.1, 0.15) is 6.42 Å². The first-order valence-electron chi connectivity index (χ1n) is 11.7. The molecule has 0 unspecified atom stereocenters.